The molecule has 0 bridgehead atoms. The van der Waals surface area contributed by atoms with Gasteiger partial charge >= 0.3 is 5.51 Å². The lowest BCUT2D eigenvalue weighted by atomic mass is 10.0. The Morgan fingerprint density at radius 1 is 1.19 bits per heavy atom. The quantitative estimate of drug-likeness (QED) is 0.761. The van der Waals surface area contributed by atoms with Crippen molar-refractivity contribution in [2.75, 3.05) is 19.6 Å². The second-order valence-electron chi connectivity index (χ2n) is 5.35. The van der Waals surface area contributed by atoms with Gasteiger partial charge in [0, 0.05) is 24.0 Å². The molecule has 0 aliphatic rings. The molecule has 0 saturated heterocycles. The van der Waals surface area contributed by atoms with E-state index in [0.717, 1.165) is 18.7 Å². The molecule has 21 heavy (non-hydrogen) atoms. The number of likely N-dealkylation sites (N-methyl/N-ethyl adjacent to an activating group) is 1. The lowest BCUT2D eigenvalue weighted by molar-refractivity contribution is -0.0328. The van der Waals surface area contributed by atoms with E-state index in [4.69, 9.17) is 5.73 Å². The maximum Gasteiger partial charge on any atom is 0.446 e. The largest absolute Gasteiger partial charge is 0.446 e. The van der Waals surface area contributed by atoms with Crippen LogP contribution in [-0.2, 0) is 0 Å². The molecule has 2 N–H and O–H groups in total. The van der Waals surface area contributed by atoms with Crippen LogP contribution in [0.25, 0.3) is 0 Å². The van der Waals surface area contributed by atoms with Gasteiger partial charge in [-0.15, -0.1) is 0 Å². The lowest BCUT2D eigenvalue weighted by Crippen LogP contribution is -2.36. The molecule has 0 saturated carbocycles. The van der Waals surface area contributed by atoms with Gasteiger partial charge in [-0.2, -0.15) is 13.2 Å². The van der Waals surface area contributed by atoms with E-state index < -0.39 is 5.51 Å². The predicted octanol–water partition coefficient (Wildman–Crippen LogP) is 4.28. The summed E-state index contributed by atoms with van der Waals surface area (Å²) in [6.45, 7) is 8.57. The van der Waals surface area contributed by atoms with Crippen molar-refractivity contribution in [2.24, 2.45) is 11.7 Å². The maximum absolute atomic E-state index is 12.3. The van der Waals surface area contributed by atoms with Crippen molar-refractivity contribution in [1.29, 1.82) is 0 Å². The molecule has 0 fully saturated rings. The molecule has 0 aromatic heterocycles. The van der Waals surface area contributed by atoms with E-state index in [0.29, 0.717) is 12.5 Å². The first kappa shape index (κ1) is 18.3. The van der Waals surface area contributed by atoms with Crippen LogP contribution in [0, 0.1) is 5.92 Å². The molecule has 1 unspecified atom stereocenters. The molecule has 0 radical (unpaired) electrons. The average Bonchev–Trinajstić information content (AvgIpc) is 2.38. The van der Waals surface area contributed by atoms with Gasteiger partial charge in [-0.05, 0) is 41.9 Å². The van der Waals surface area contributed by atoms with Crippen LogP contribution in [0.3, 0.4) is 0 Å². The summed E-state index contributed by atoms with van der Waals surface area (Å²) < 4.78 is 37.0. The maximum atomic E-state index is 12.3. The smallest absolute Gasteiger partial charge is 0.329 e. The van der Waals surface area contributed by atoms with Crippen LogP contribution in [0.2, 0.25) is 0 Å². The zero-order valence-corrected chi connectivity index (χ0v) is 13.5. The molecule has 1 atom stereocenters. The van der Waals surface area contributed by atoms with Crippen LogP contribution in [-0.4, -0.2) is 30.0 Å². The van der Waals surface area contributed by atoms with Crippen molar-refractivity contribution < 1.29 is 13.2 Å². The van der Waals surface area contributed by atoms with Crippen molar-refractivity contribution in [3.63, 3.8) is 0 Å². The van der Waals surface area contributed by atoms with Gasteiger partial charge in [-0.3, -0.25) is 4.90 Å². The Kier molecular flexibility index (Phi) is 7.03. The fourth-order valence-electron chi connectivity index (χ4n) is 2.33. The first-order valence-electron chi connectivity index (χ1n) is 7.06. The number of alkyl halides is 3. The standard InChI is InChI=1S/C15H23F3N2S/c1-4-20(10-11(2)3)14(9-19)12-5-7-13(8-6-12)21-15(16,17)18/h5-8,11,14H,4,9-10,19H2,1-3H3. The van der Waals surface area contributed by atoms with Gasteiger partial charge in [0.15, 0.2) is 0 Å². The topological polar surface area (TPSA) is 29.3 Å². The predicted molar refractivity (Wildman–Crippen MR) is 82.2 cm³/mol. The van der Waals surface area contributed by atoms with Crippen LogP contribution in [0.1, 0.15) is 32.4 Å². The second-order valence-corrected chi connectivity index (χ2v) is 6.49. The number of benzene rings is 1. The molecule has 6 heteroatoms. The summed E-state index contributed by atoms with van der Waals surface area (Å²) in [7, 11) is 0. The van der Waals surface area contributed by atoms with Crippen LogP contribution < -0.4 is 5.73 Å². The summed E-state index contributed by atoms with van der Waals surface area (Å²) in [4.78, 5) is 2.46. The highest BCUT2D eigenvalue weighted by Crippen LogP contribution is 2.37. The summed E-state index contributed by atoms with van der Waals surface area (Å²) in [6, 6.07) is 6.56. The van der Waals surface area contributed by atoms with Gasteiger partial charge in [0.05, 0.1) is 0 Å². The van der Waals surface area contributed by atoms with Gasteiger partial charge < -0.3 is 5.73 Å². The Morgan fingerprint density at radius 3 is 2.14 bits per heavy atom. The van der Waals surface area contributed by atoms with Crippen molar-refractivity contribution >= 4 is 11.8 Å². The Balaban J connectivity index is 2.86. The third-order valence-corrected chi connectivity index (χ3v) is 3.91. The number of rotatable bonds is 7. The van der Waals surface area contributed by atoms with E-state index in [2.05, 4.69) is 25.7 Å². The highest BCUT2D eigenvalue weighted by Gasteiger charge is 2.29. The van der Waals surface area contributed by atoms with E-state index in [1.165, 1.54) is 12.1 Å². The molecule has 0 heterocycles. The molecule has 0 aliphatic heterocycles. The fourth-order valence-corrected chi connectivity index (χ4v) is 2.87. The number of nitrogens with two attached hydrogens (primary N) is 1. The number of nitrogens with zero attached hydrogens (tertiary/aromatic N) is 1. The fraction of sp³-hybridized carbons (Fsp3) is 0.600. The van der Waals surface area contributed by atoms with Gasteiger partial charge in [0.25, 0.3) is 0 Å². The normalized spacial score (nSPS) is 14.0. The van der Waals surface area contributed by atoms with E-state index >= 15 is 0 Å². The number of halogens is 3. The summed E-state index contributed by atoms with van der Waals surface area (Å²) in [5.74, 6) is 0.513. The molecule has 1 aromatic carbocycles. The third kappa shape index (κ3) is 6.28. The van der Waals surface area contributed by atoms with Crippen molar-refractivity contribution in [2.45, 2.75) is 37.2 Å². The summed E-state index contributed by atoms with van der Waals surface area (Å²) in [5, 5.41) is 0. The molecule has 1 aromatic rings. The Labute approximate surface area is 128 Å². The zero-order chi connectivity index (χ0) is 16.0. The first-order chi connectivity index (χ1) is 9.76. The van der Waals surface area contributed by atoms with Crippen LogP contribution in [0.4, 0.5) is 13.2 Å². The minimum atomic E-state index is -4.25. The molecular weight excluding hydrogens is 297 g/mol. The molecule has 0 spiro atoms. The Hall–Kier alpha value is -0.720. The van der Waals surface area contributed by atoms with Gasteiger partial charge in [-0.25, -0.2) is 0 Å². The van der Waals surface area contributed by atoms with Crippen molar-refractivity contribution in [1.82, 2.24) is 4.90 Å². The van der Waals surface area contributed by atoms with Crippen LogP contribution in [0.5, 0.6) is 0 Å². The molecule has 0 amide bonds. The first-order valence-corrected chi connectivity index (χ1v) is 7.88. The number of thioether (sulfide) groups is 1. The number of hydrogen-bond donors (Lipinski definition) is 1. The van der Waals surface area contributed by atoms with Crippen molar-refractivity contribution in [3.05, 3.63) is 29.8 Å². The highest BCUT2D eigenvalue weighted by atomic mass is 32.2. The summed E-state index contributed by atoms with van der Waals surface area (Å²) in [5.41, 5.74) is 2.59. The average molecular weight is 320 g/mol. The summed E-state index contributed by atoms with van der Waals surface area (Å²) >= 11 is -0.0913. The van der Waals surface area contributed by atoms with Gasteiger partial charge in [-0.1, -0.05) is 32.9 Å². The van der Waals surface area contributed by atoms with Crippen LogP contribution in [0.15, 0.2) is 29.2 Å². The van der Waals surface area contributed by atoms with E-state index in [1.54, 1.807) is 12.1 Å². The molecule has 1 rings (SSSR count). The third-order valence-electron chi connectivity index (χ3n) is 3.17. The highest BCUT2D eigenvalue weighted by molar-refractivity contribution is 8.00. The molecule has 120 valence electrons. The minimum absolute atomic E-state index is 0.0438. The number of hydrogen-bond acceptors (Lipinski definition) is 3. The SMILES string of the molecule is CCN(CC(C)C)C(CN)c1ccc(SC(F)(F)F)cc1. The van der Waals surface area contributed by atoms with E-state index in [-0.39, 0.29) is 22.7 Å². The van der Waals surface area contributed by atoms with Crippen LogP contribution >= 0.6 is 11.8 Å². The summed E-state index contributed by atoms with van der Waals surface area (Å²) in [6.07, 6.45) is 0. The Morgan fingerprint density at radius 2 is 1.76 bits per heavy atom. The second kappa shape index (κ2) is 8.06. The molecular formula is C15H23F3N2S. The van der Waals surface area contributed by atoms with E-state index in [1.807, 2.05) is 0 Å². The zero-order valence-electron chi connectivity index (χ0n) is 12.7. The minimum Gasteiger partial charge on any atom is -0.329 e. The molecule has 2 nitrogen and oxygen atoms in total. The lowest BCUT2D eigenvalue weighted by Gasteiger charge is -2.31. The molecule has 0 aliphatic carbocycles. The van der Waals surface area contributed by atoms with Gasteiger partial charge in [0.1, 0.15) is 0 Å². The van der Waals surface area contributed by atoms with E-state index in [9.17, 15) is 13.2 Å². The monoisotopic (exact) mass is 320 g/mol. The van der Waals surface area contributed by atoms with Gasteiger partial charge in [0.2, 0.25) is 0 Å². The van der Waals surface area contributed by atoms with Crippen molar-refractivity contribution in [3.8, 4) is 0 Å². The Bertz CT molecular complexity index is 418.